The maximum absolute atomic E-state index is 12.2. The molecule has 0 aromatic heterocycles. The first-order valence-electron chi connectivity index (χ1n) is 6.36. The third kappa shape index (κ3) is 4.27. The zero-order chi connectivity index (χ0) is 14.7. The maximum Gasteiger partial charge on any atom is 0.238 e. The monoisotopic (exact) mass is 467 g/mol. The van der Waals surface area contributed by atoms with Gasteiger partial charge in [-0.05, 0) is 50.9 Å². The minimum Gasteiger partial charge on any atom is -0.323 e. The highest BCUT2D eigenvalue weighted by Crippen LogP contribution is 2.34. The Labute approximate surface area is 144 Å². The number of nitrogens with zero attached hydrogens (tertiary/aromatic N) is 1. The number of anilines is 1. The van der Waals surface area contributed by atoms with E-state index in [4.69, 9.17) is 0 Å². The normalized spacial score (nSPS) is 19.9. The highest BCUT2D eigenvalue weighted by molar-refractivity contribution is 9.11. The van der Waals surface area contributed by atoms with E-state index in [1.165, 1.54) is 0 Å². The Balaban J connectivity index is 2.01. The first kappa shape index (κ1) is 16.4. The van der Waals surface area contributed by atoms with Crippen molar-refractivity contribution in [3.8, 4) is 0 Å². The van der Waals surface area contributed by atoms with Crippen molar-refractivity contribution in [2.45, 2.75) is 13.0 Å². The molecule has 20 heavy (non-hydrogen) atoms. The Morgan fingerprint density at radius 3 is 2.65 bits per heavy atom. The number of carbonyl (C=O) groups is 1. The number of hydrogen-bond donors (Lipinski definition) is 2. The predicted molar refractivity (Wildman–Crippen MR) is 92.1 cm³/mol. The fourth-order valence-electron chi connectivity index (χ4n) is 2.14. The van der Waals surface area contributed by atoms with Gasteiger partial charge < -0.3 is 10.6 Å². The summed E-state index contributed by atoms with van der Waals surface area (Å²) in [4.78, 5) is 14.4. The van der Waals surface area contributed by atoms with Gasteiger partial charge in [0.05, 0.1) is 12.2 Å². The summed E-state index contributed by atoms with van der Waals surface area (Å²) in [6, 6.07) is 4.20. The molecular formula is C13H16Br3N3O. The van der Waals surface area contributed by atoms with E-state index < -0.39 is 0 Å². The van der Waals surface area contributed by atoms with Gasteiger partial charge in [-0.25, -0.2) is 0 Å². The number of benzene rings is 1. The number of amides is 1. The molecule has 2 N–H and O–H groups in total. The van der Waals surface area contributed by atoms with E-state index in [2.05, 4.69) is 70.2 Å². The molecule has 0 radical (unpaired) electrons. The molecule has 1 aliphatic heterocycles. The van der Waals surface area contributed by atoms with Gasteiger partial charge in [0.15, 0.2) is 0 Å². The number of carbonyl (C=O) groups excluding carboxylic acids is 1. The van der Waals surface area contributed by atoms with Gasteiger partial charge in [-0.15, -0.1) is 0 Å². The van der Waals surface area contributed by atoms with E-state index >= 15 is 0 Å². The first-order valence-corrected chi connectivity index (χ1v) is 8.74. The summed E-state index contributed by atoms with van der Waals surface area (Å²) >= 11 is 10.3. The molecule has 0 bridgehead atoms. The Morgan fingerprint density at radius 1 is 1.40 bits per heavy atom. The van der Waals surface area contributed by atoms with Crippen LogP contribution in [-0.4, -0.2) is 43.0 Å². The zero-order valence-electron chi connectivity index (χ0n) is 11.0. The molecule has 110 valence electrons. The Hall–Kier alpha value is 0.0500. The van der Waals surface area contributed by atoms with Crippen LogP contribution < -0.4 is 10.6 Å². The van der Waals surface area contributed by atoms with E-state index in [9.17, 15) is 4.79 Å². The van der Waals surface area contributed by atoms with Crippen molar-refractivity contribution in [2.75, 3.05) is 31.5 Å². The smallest absolute Gasteiger partial charge is 0.238 e. The summed E-state index contributed by atoms with van der Waals surface area (Å²) in [6.45, 7) is 5.31. The molecule has 1 saturated heterocycles. The molecule has 1 amide bonds. The van der Waals surface area contributed by atoms with Crippen molar-refractivity contribution < 1.29 is 4.79 Å². The third-order valence-corrected chi connectivity index (χ3v) is 4.97. The molecule has 1 heterocycles. The summed E-state index contributed by atoms with van der Waals surface area (Å²) in [6.07, 6.45) is 0. The van der Waals surface area contributed by atoms with Gasteiger partial charge >= 0.3 is 0 Å². The molecule has 4 nitrogen and oxygen atoms in total. The standard InChI is InChI=1S/C13H16Br3N3O/c1-8-6-17-2-3-19(8)7-12(20)18-13-10(15)4-9(14)5-11(13)16/h4-5,8,17H,2-3,6-7H2,1H3,(H,18,20)/t8-/m1/s1. The number of rotatable bonds is 3. The van der Waals surface area contributed by atoms with E-state index in [0.717, 1.165) is 38.7 Å². The molecule has 1 aliphatic rings. The van der Waals surface area contributed by atoms with Crippen LogP contribution in [0.25, 0.3) is 0 Å². The number of piperazine rings is 1. The molecule has 0 aliphatic carbocycles. The fraction of sp³-hybridized carbons (Fsp3) is 0.462. The molecule has 1 aromatic rings. The molecule has 2 rings (SSSR count). The largest absolute Gasteiger partial charge is 0.323 e. The molecule has 0 saturated carbocycles. The second kappa shape index (κ2) is 7.35. The van der Waals surface area contributed by atoms with Crippen LogP contribution in [0.2, 0.25) is 0 Å². The SMILES string of the molecule is C[C@@H]1CNCCN1CC(=O)Nc1c(Br)cc(Br)cc1Br. The Kier molecular flexibility index (Phi) is 6.04. The van der Waals surface area contributed by atoms with Crippen molar-refractivity contribution in [3.63, 3.8) is 0 Å². The molecule has 1 aromatic carbocycles. The van der Waals surface area contributed by atoms with E-state index in [-0.39, 0.29) is 5.91 Å². The summed E-state index contributed by atoms with van der Waals surface area (Å²) in [5, 5.41) is 6.28. The number of hydrogen-bond acceptors (Lipinski definition) is 3. The third-order valence-electron chi connectivity index (χ3n) is 3.26. The number of nitrogens with one attached hydrogen (secondary N) is 2. The van der Waals surface area contributed by atoms with E-state index in [0.29, 0.717) is 12.6 Å². The van der Waals surface area contributed by atoms with Gasteiger partial charge in [-0.3, -0.25) is 9.69 Å². The average molecular weight is 470 g/mol. The van der Waals surface area contributed by atoms with Crippen LogP contribution in [0.5, 0.6) is 0 Å². The average Bonchev–Trinajstić information content (AvgIpc) is 2.36. The van der Waals surface area contributed by atoms with Gasteiger partial charge in [0, 0.05) is 39.1 Å². The summed E-state index contributed by atoms with van der Waals surface area (Å²) in [5.74, 6) is 0.00229. The van der Waals surface area contributed by atoms with Crippen molar-refractivity contribution in [2.24, 2.45) is 0 Å². The van der Waals surface area contributed by atoms with Crippen molar-refractivity contribution >= 4 is 59.4 Å². The second-order valence-electron chi connectivity index (χ2n) is 4.82. The van der Waals surface area contributed by atoms with Crippen LogP contribution in [-0.2, 0) is 4.79 Å². The van der Waals surface area contributed by atoms with E-state index in [1.807, 2.05) is 12.1 Å². The van der Waals surface area contributed by atoms with Crippen molar-refractivity contribution in [1.82, 2.24) is 10.2 Å². The lowest BCUT2D eigenvalue weighted by atomic mass is 10.2. The van der Waals surface area contributed by atoms with Gasteiger partial charge in [0.25, 0.3) is 0 Å². The minimum atomic E-state index is 0.00229. The molecule has 0 spiro atoms. The molecule has 1 atom stereocenters. The highest BCUT2D eigenvalue weighted by Gasteiger charge is 2.21. The van der Waals surface area contributed by atoms with Gasteiger partial charge in [0.2, 0.25) is 5.91 Å². The predicted octanol–water partition coefficient (Wildman–Crippen LogP) is 3.21. The highest BCUT2D eigenvalue weighted by atomic mass is 79.9. The van der Waals surface area contributed by atoms with Gasteiger partial charge in [-0.1, -0.05) is 15.9 Å². The van der Waals surface area contributed by atoms with Crippen molar-refractivity contribution in [3.05, 3.63) is 25.6 Å². The first-order chi connectivity index (χ1) is 9.47. The van der Waals surface area contributed by atoms with Crippen LogP contribution in [0.4, 0.5) is 5.69 Å². The molecule has 7 heteroatoms. The fourth-order valence-corrected chi connectivity index (χ4v) is 4.60. The quantitative estimate of drug-likeness (QED) is 0.714. The second-order valence-corrected chi connectivity index (χ2v) is 7.44. The van der Waals surface area contributed by atoms with Crippen LogP contribution in [0.3, 0.4) is 0 Å². The van der Waals surface area contributed by atoms with Crippen LogP contribution in [0.15, 0.2) is 25.6 Å². The van der Waals surface area contributed by atoms with Crippen molar-refractivity contribution in [1.29, 1.82) is 0 Å². The summed E-state index contributed by atoms with van der Waals surface area (Å²) in [7, 11) is 0. The lowest BCUT2D eigenvalue weighted by Crippen LogP contribution is -2.52. The van der Waals surface area contributed by atoms with Crippen LogP contribution in [0.1, 0.15) is 6.92 Å². The Morgan fingerprint density at radius 2 is 2.05 bits per heavy atom. The maximum atomic E-state index is 12.2. The van der Waals surface area contributed by atoms with Crippen LogP contribution in [0, 0.1) is 0 Å². The number of halogens is 3. The topological polar surface area (TPSA) is 44.4 Å². The molecular weight excluding hydrogens is 454 g/mol. The van der Waals surface area contributed by atoms with Crippen LogP contribution >= 0.6 is 47.8 Å². The molecule has 0 unspecified atom stereocenters. The van der Waals surface area contributed by atoms with Gasteiger partial charge in [-0.2, -0.15) is 0 Å². The zero-order valence-corrected chi connectivity index (χ0v) is 15.8. The lowest BCUT2D eigenvalue weighted by Gasteiger charge is -2.33. The van der Waals surface area contributed by atoms with Gasteiger partial charge in [0.1, 0.15) is 0 Å². The molecule has 1 fully saturated rings. The Bertz CT molecular complexity index is 487. The minimum absolute atomic E-state index is 0.00229. The summed E-state index contributed by atoms with van der Waals surface area (Å²) < 4.78 is 2.64. The lowest BCUT2D eigenvalue weighted by molar-refractivity contribution is -0.118. The summed E-state index contributed by atoms with van der Waals surface area (Å²) in [5.41, 5.74) is 0.765. The van der Waals surface area contributed by atoms with E-state index in [1.54, 1.807) is 0 Å².